The molecule has 1 aromatic rings. The van der Waals surface area contributed by atoms with Crippen LogP contribution in [0.2, 0.25) is 0 Å². The minimum atomic E-state index is -0.289. The fourth-order valence-electron chi connectivity index (χ4n) is 1.14. The summed E-state index contributed by atoms with van der Waals surface area (Å²) in [6.45, 7) is 1.81. The number of alkyl halides is 1. The largest absolute Gasteiger partial charge is 0.349 e. The third-order valence-electron chi connectivity index (χ3n) is 1.85. The predicted octanol–water partition coefficient (Wildman–Crippen LogP) is 2.40. The monoisotopic (exact) mass is 259 g/mol. The summed E-state index contributed by atoms with van der Waals surface area (Å²) < 4.78 is 12.8. The summed E-state index contributed by atoms with van der Waals surface area (Å²) in [4.78, 5) is 11.0. The summed E-state index contributed by atoms with van der Waals surface area (Å²) in [6, 6.07) is 6.03. The van der Waals surface area contributed by atoms with Gasteiger partial charge in [-0.15, -0.1) is 0 Å². The fraction of sp³-hybridized carbons (Fsp3) is 0.300. The van der Waals surface area contributed by atoms with Crippen LogP contribution < -0.4 is 5.32 Å². The Morgan fingerprint density at radius 2 is 2.36 bits per heavy atom. The highest BCUT2D eigenvalue weighted by Crippen LogP contribution is 2.13. The highest BCUT2D eigenvalue weighted by Gasteiger charge is 2.08. The number of hydrogen-bond acceptors (Lipinski definition) is 1. The van der Waals surface area contributed by atoms with Crippen LogP contribution in [0.25, 0.3) is 0 Å². The lowest BCUT2D eigenvalue weighted by Crippen LogP contribution is -2.27. The molecule has 0 spiro atoms. The number of halogens is 2. The second-order valence-electron chi connectivity index (χ2n) is 2.98. The van der Waals surface area contributed by atoms with Gasteiger partial charge in [0.05, 0.1) is 11.4 Å². The maximum atomic E-state index is 12.8. The van der Waals surface area contributed by atoms with E-state index >= 15 is 0 Å². The molecular weight excluding hydrogens is 249 g/mol. The first kappa shape index (κ1) is 11.2. The van der Waals surface area contributed by atoms with Crippen molar-refractivity contribution in [3.8, 4) is 0 Å². The first-order valence-corrected chi connectivity index (χ1v) is 5.36. The average molecular weight is 260 g/mol. The molecule has 1 amide bonds. The number of rotatable bonds is 3. The van der Waals surface area contributed by atoms with Gasteiger partial charge in [-0.2, -0.15) is 0 Å². The molecule has 0 saturated carbocycles. The number of benzene rings is 1. The zero-order valence-corrected chi connectivity index (χ0v) is 9.34. The average Bonchev–Trinajstić information content (AvgIpc) is 2.17. The molecule has 14 heavy (non-hydrogen) atoms. The van der Waals surface area contributed by atoms with Crippen molar-refractivity contribution in [2.24, 2.45) is 0 Å². The van der Waals surface area contributed by atoms with Gasteiger partial charge < -0.3 is 5.32 Å². The summed E-state index contributed by atoms with van der Waals surface area (Å²) in [7, 11) is 0. The van der Waals surface area contributed by atoms with Crippen LogP contribution in [-0.4, -0.2) is 11.2 Å². The Morgan fingerprint density at radius 3 is 2.93 bits per heavy atom. The van der Waals surface area contributed by atoms with Gasteiger partial charge in [-0.3, -0.25) is 4.79 Å². The number of amides is 1. The number of carbonyl (C=O) groups excluding carboxylic acids is 1. The van der Waals surface area contributed by atoms with Crippen LogP contribution in [0.15, 0.2) is 24.3 Å². The molecule has 1 atom stereocenters. The van der Waals surface area contributed by atoms with Gasteiger partial charge >= 0.3 is 0 Å². The molecule has 0 aromatic heterocycles. The van der Waals surface area contributed by atoms with Crippen molar-refractivity contribution in [1.29, 1.82) is 0 Å². The third-order valence-corrected chi connectivity index (χ3v) is 2.36. The number of hydrogen-bond donors (Lipinski definition) is 1. The fourth-order valence-corrected chi connectivity index (χ4v) is 1.30. The predicted molar refractivity (Wildman–Crippen MR) is 56.8 cm³/mol. The molecule has 0 fully saturated rings. The van der Waals surface area contributed by atoms with E-state index in [-0.39, 0.29) is 23.1 Å². The van der Waals surface area contributed by atoms with Crippen molar-refractivity contribution in [1.82, 2.24) is 5.32 Å². The highest BCUT2D eigenvalue weighted by molar-refractivity contribution is 9.09. The molecule has 4 heteroatoms. The quantitative estimate of drug-likeness (QED) is 0.831. The molecular formula is C10H11BrFNO. The van der Waals surface area contributed by atoms with E-state index in [0.717, 1.165) is 5.56 Å². The lowest BCUT2D eigenvalue weighted by Gasteiger charge is -2.13. The van der Waals surface area contributed by atoms with Crippen LogP contribution in [0.1, 0.15) is 18.5 Å². The van der Waals surface area contributed by atoms with Gasteiger partial charge in [0.2, 0.25) is 5.91 Å². The summed E-state index contributed by atoms with van der Waals surface area (Å²) in [5.74, 6) is -0.399. The van der Waals surface area contributed by atoms with Crippen LogP contribution in [0, 0.1) is 5.82 Å². The van der Waals surface area contributed by atoms with Crippen molar-refractivity contribution in [3.63, 3.8) is 0 Å². The summed E-state index contributed by atoms with van der Waals surface area (Å²) in [6.07, 6.45) is 0. The van der Waals surface area contributed by atoms with E-state index in [1.807, 2.05) is 6.92 Å². The van der Waals surface area contributed by atoms with Gasteiger partial charge in [0, 0.05) is 0 Å². The SMILES string of the molecule is CC(NC(=O)CBr)c1cccc(F)c1. The van der Waals surface area contributed by atoms with Gasteiger partial charge in [-0.05, 0) is 24.6 Å². The smallest absolute Gasteiger partial charge is 0.231 e. The Hall–Kier alpha value is -0.900. The Bertz CT molecular complexity index is 330. The third kappa shape index (κ3) is 3.10. The standard InChI is InChI=1S/C10H11BrFNO/c1-7(13-10(14)6-11)8-3-2-4-9(12)5-8/h2-5,7H,6H2,1H3,(H,13,14). The summed E-state index contributed by atoms with van der Waals surface area (Å²) in [5.41, 5.74) is 0.763. The molecule has 1 rings (SSSR count). The van der Waals surface area contributed by atoms with Crippen LogP contribution in [0.3, 0.4) is 0 Å². The van der Waals surface area contributed by atoms with Crippen molar-refractivity contribution in [3.05, 3.63) is 35.6 Å². The minimum Gasteiger partial charge on any atom is -0.349 e. The first-order chi connectivity index (χ1) is 6.63. The van der Waals surface area contributed by atoms with Crippen LogP contribution in [-0.2, 0) is 4.79 Å². The van der Waals surface area contributed by atoms with E-state index in [9.17, 15) is 9.18 Å². The molecule has 0 radical (unpaired) electrons. The Labute approximate surface area is 90.6 Å². The van der Waals surface area contributed by atoms with Gasteiger partial charge in [-0.1, -0.05) is 28.1 Å². The van der Waals surface area contributed by atoms with Gasteiger partial charge in [0.1, 0.15) is 5.82 Å². The van der Waals surface area contributed by atoms with Crippen molar-refractivity contribution >= 4 is 21.8 Å². The van der Waals surface area contributed by atoms with Crippen LogP contribution in [0.5, 0.6) is 0 Å². The summed E-state index contributed by atoms with van der Waals surface area (Å²) in [5, 5.41) is 2.98. The maximum Gasteiger partial charge on any atom is 0.231 e. The van der Waals surface area contributed by atoms with Crippen molar-refractivity contribution < 1.29 is 9.18 Å². The van der Waals surface area contributed by atoms with Gasteiger partial charge in [0.15, 0.2) is 0 Å². The molecule has 2 nitrogen and oxygen atoms in total. The maximum absolute atomic E-state index is 12.8. The van der Waals surface area contributed by atoms with Gasteiger partial charge in [-0.25, -0.2) is 4.39 Å². The molecule has 0 aliphatic heterocycles. The lowest BCUT2D eigenvalue weighted by molar-refractivity contribution is -0.119. The molecule has 76 valence electrons. The Kier molecular flexibility index (Phi) is 4.07. The Balaban J connectivity index is 2.69. The molecule has 1 aromatic carbocycles. The Morgan fingerprint density at radius 1 is 1.64 bits per heavy atom. The number of nitrogens with one attached hydrogen (secondary N) is 1. The van der Waals surface area contributed by atoms with E-state index in [2.05, 4.69) is 21.2 Å². The topological polar surface area (TPSA) is 29.1 Å². The van der Waals surface area contributed by atoms with Crippen LogP contribution in [0.4, 0.5) is 4.39 Å². The lowest BCUT2D eigenvalue weighted by atomic mass is 10.1. The normalized spacial score (nSPS) is 12.2. The van der Waals surface area contributed by atoms with Crippen LogP contribution >= 0.6 is 15.9 Å². The summed E-state index contributed by atoms with van der Waals surface area (Å²) >= 11 is 3.04. The van der Waals surface area contributed by atoms with Crippen molar-refractivity contribution in [2.45, 2.75) is 13.0 Å². The first-order valence-electron chi connectivity index (χ1n) is 4.24. The highest BCUT2D eigenvalue weighted by atomic mass is 79.9. The second-order valence-corrected chi connectivity index (χ2v) is 3.54. The van der Waals surface area contributed by atoms with E-state index in [1.165, 1.54) is 12.1 Å². The molecule has 1 unspecified atom stereocenters. The molecule has 0 aliphatic rings. The molecule has 0 saturated heterocycles. The minimum absolute atomic E-state index is 0.109. The molecule has 1 N–H and O–H groups in total. The van der Waals surface area contributed by atoms with Gasteiger partial charge in [0.25, 0.3) is 0 Å². The molecule has 0 aliphatic carbocycles. The van der Waals surface area contributed by atoms with E-state index < -0.39 is 0 Å². The van der Waals surface area contributed by atoms with E-state index in [4.69, 9.17) is 0 Å². The zero-order valence-electron chi connectivity index (χ0n) is 7.76. The van der Waals surface area contributed by atoms with E-state index in [0.29, 0.717) is 0 Å². The molecule has 0 bridgehead atoms. The second kappa shape index (κ2) is 5.10. The number of carbonyl (C=O) groups is 1. The van der Waals surface area contributed by atoms with Crippen molar-refractivity contribution in [2.75, 3.05) is 5.33 Å². The molecule has 0 heterocycles. The zero-order chi connectivity index (χ0) is 10.6. The van der Waals surface area contributed by atoms with E-state index in [1.54, 1.807) is 12.1 Å².